The molecule has 3 N–H and O–H groups in total. The molecule has 6 rings (SSSR count). The van der Waals surface area contributed by atoms with Gasteiger partial charge in [0.05, 0.1) is 18.6 Å². The van der Waals surface area contributed by atoms with E-state index in [-0.39, 0.29) is 63.4 Å². The van der Waals surface area contributed by atoms with E-state index in [0.29, 0.717) is 30.1 Å². The molecule has 0 aromatic rings. The summed E-state index contributed by atoms with van der Waals surface area (Å²) in [6.45, 7) is 27.2. The molecule has 0 bridgehead atoms. The lowest BCUT2D eigenvalue weighted by Crippen LogP contribution is -2.68. The lowest BCUT2D eigenvalue weighted by Gasteiger charge is -2.72. The number of aliphatic hydroxyl groups is 1. The Balaban J connectivity index is 1.24. The molecule has 7 heteroatoms. The molecular formula is C43H70N2O5. The molecule has 0 aliphatic heterocycles. The third-order valence-corrected chi connectivity index (χ3v) is 17.8. The molecule has 0 radical (unpaired) electrons. The first-order chi connectivity index (χ1) is 23.1. The van der Waals surface area contributed by atoms with Gasteiger partial charge in [-0.05, 0) is 140 Å². The lowest BCUT2D eigenvalue weighted by molar-refractivity contribution is -0.246. The number of hydrogen-bond donors (Lipinski definition) is 3. The molecule has 0 unspecified atom stereocenters. The third-order valence-electron chi connectivity index (χ3n) is 17.8. The summed E-state index contributed by atoms with van der Waals surface area (Å²) in [4.78, 5) is 40.7. The van der Waals surface area contributed by atoms with Crippen LogP contribution in [0.5, 0.6) is 0 Å². The van der Waals surface area contributed by atoms with Gasteiger partial charge in [-0.25, -0.2) is 4.79 Å². The molecule has 13 atom stereocenters. The molecule has 50 heavy (non-hydrogen) atoms. The van der Waals surface area contributed by atoms with Crippen molar-refractivity contribution in [2.24, 2.45) is 73.9 Å². The van der Waals surface area contributed by atoms with Gasteiger partial charge in [0.2, 0.25) is 11.8 Å². The van der Waals surface area contributed by atoms with Crippen molar-refractivity contribution in [1.29, 1.82) is 0 Å². The Morgan fingerprint density at radius 2 is 1.50 bits per heavy atom. The Morgan fingerprint density at radius 3 is 2.10 bits per heavy atom. The summed E-state index contributed by atoms with van der Waals surface area (Å²) in [6.07, 6.45) is 11.1. The summed E-state index contributed by atoms with van der Waals surface area (Å²) in [5.41, 5.74) is 0.886. The van der Waals surface area contributed by atoms with Gasteiger partial charge in [-0.3, -0.25) is 9.59 Å². The summed E-state index contributed by atoms with van der Waals surface area (Å²) >= 11 is 0. The van der Waals surface area contributed by atoms with Gasteiger partial charge in [-0.2, -0.15) is 0 Å². The van der Waals surface area contributed by atoms with Crippen molar-refractivity contribution in [1.82, 2.24) is 10.6 Å². The second kappa shape index (κ2) is 12.3. The molecule has 0 aromatic carbocycles. The first-order valence-corrected chi connectivity index (χ1v) is 20.2. The van der Waals surface area contributed by atoms with Crippen LogP contribution in [0.4, 0.5) is 0 Å². The summed E-state index contributed by atoms with van der Waals surface area (Å²) in [6, 6.07) is -0.779. The second-order valence-corrected chi connectivity index (χ2v) is 20.6. The first-order valence-electron chi connectivity index (χ1n) is 20.2. The van der Waals surface area contributed by atoms with Crippen LogP contribution < -0.4 is 10.6 Å². The van der Waals surface area contributed by atoms with Crippen LogP contribution >= 0.6 is 0 Å². The third kappa shape index (κ3) is 5.14. The molecule has 6 aliphatic rings. The Bertz CT molecular complexity index is 1400. The van der Waals surface area contributed by atoms with Gasteiger partial charge in [0.15, 0.2) is 0 Å². The highest BCUT2D eigenvalue weighted by Crippen LogP contribution is 2.77. The highest BCUT2D eigenvalue weighted by atomic mass is 16.5. The number of hydrogen-bond acceptors (Lipinski definition) is 5. The Morgan fingerprint density at radius 1 is 0.820 bits per heavy atom. The molecule has 6 fully saturated rings. The maximum Gasteiger partial charge on any atom is 0.328 e. The SMILES string of the molecule is C=C(C)[C@@H]1CC[C@]2(C(=O)N[C@@H]3C[C@H](C(=O)N[C@H](C(=O)OC)C(C)C)C3(C)C)CC[C@]3(C)[C@H](CC[C@@H]4[C@@]5(C)CC[C@H](O)C(C)(C)[C@@H]5CC[C@]43C)[C@@H]12. The van der Waals surface area contributed by atoms with E-state index in [1.54, 1.807) is 0 Å². The molecule has 282 valence electrons. The molecule has 2 amide bonds. The van der Waals surface area contributed by atoms with Crippen molar-refractivity contribution >= 4 is 17.8 Å². The van der Waals surface area contributed by atoms with E-state index in [4.69, 9.17) is 4.74 Å². The number of fused-ring (bicyclic) bond motifs is 7. The van der Waals surface area contributed by atoms with Crippen LogP contribution in [0.3, 0.4) is 0 Å². The van der Waals surface area contributed by atoms with Gasteiger partial charge in [0.25, 0.3) is 0 Å². The fraction of sp³-hybridized carbons (Fsp3) is 0.884. The van der Waals surface area contributed by atoms with Crippen molar-refractivity contribution in [2.45, 2.75) is 158 Å². The van der Waals surface area contributed by atoms with Crippen LogP contribution in [-0.4, -0.2) is 48.2 Å². The monoisotopic (exact) mass is 695 g/mol. The van der Waals surface area contributed by atoms with Crippen LogP contribution in [0.15, 0.2) is 12.2 Å². The molecule has 0 heterocycles. The topological polar surface area (TPSA) is 105 Å². The number of aliphatic hydroxyl groups excluding tert-OH is 1. The van der Waals surface area contributed by atoms with Crippen molar-refractivity contribution in [3.8, 4) is 0 Å². The Labute approximate surface area is 303 Å². The van der Waals surface area contributed by atoms with Gasteiger partial charge < -0.3 is 20.5 Å². The fourth-order valence-electron chi connectivity index (χ4n) is 14.3. The minimum atomic E-state index is -0.684. The van der Waals surface area contributed by atoms with E-state index >= 15 is 0 Å². The molecule has 6 aliphatic carbocycles. The van der Waals surface area contributed by atoms with E-state index in [9.17, 15) is 19.5 Å². The highest BCUT2D eigenvalue weighted by molar-refractivity contribution is 5.88. The van der Waals surface area contributed by atoms with Crippen LogP contribution in [0, 0.1) is 73.9 Å². The van der Waals surface area contributed by atoms with E-state index in [1.807, 2.05) is 13.8 Å². The lowest BCUT2D eigenvalue weighted by atomic mass is 9.32. The standard InChI is InChI=1S/C43H70N2O5/c1-24(2)26-15-20-43(37(49)44-31-23-28(38(31,5)6)35(47)45-34(25(3)4)36(48)50-12)22-21-41(10)27(33(26)43)13-14-30-40(9)18-17-32(46)39(7,8)29(40)16-19-42(30,41)11/h25-34,46H,1,13-23H2,2-12H3,(H,44,49)(H,45,47)/t26-,27+,28+,29-,30+,31+,32-,33+,34-,40-,41+,42+,43-/m0/s1. The summed E-state index contributed by atoms with van der Waals surface area (Å²) in [5.74, 6) is 1.52. The average Bonchev–Trinajstić information content (AvgIpc) is 3.44. The number of carbonyl (C=O) groups excluding carboxylic acids is 3. The Kier molecular flexibility index (Phi) is 9.34. The molecule has 6 saturated carbocycles. The van der Waals surface area contributed by atoms with Crippen molar-refractivity contribution in [2.75, 3.05) is 7.11 Å². The number of carbonyl (C=O) groups is 3. The van der Waals surface area contributed by atoms with Gasteiger partial charge in [-0.1, -0.05) is 74.5 Å². The van der Waals surface area contributed by atoms with E-state index in [1.165, 1.54) is 38.4 Å². The number of esters is 1. The number of allylic oxidation sites excluding steroid dienone is 1. The summed E-state index contributed by atoms with van der Waals surface area (Å²) < 4.78 is 4.96. The van der Waals surface area contributed by atoms with Crippen molar-refractivity contribution in [3.63, 3.8) is 0 Å². The molecule has 0 saturated heterocycles. The van der Waals surface area contributed by atoms with Crippen molar-refractivity contribution in [3.05, 3.63) is 12.2 Å². The predicted molar refractivity (Wildman–Crippen MR) is 198 cm³/mol. The van der Waals surface area contributed by atoms with Crippen LogP contribution in [0.25, 0.3) is 0 Å². The number of nitrogens with one attached hydrogen (secondary N) is 2. The minimum Gasteiger partial charge on any atom is -0.467 e. The second-order valence-electron chi connectivity index (χ2n) is 20.6. The van der Waals surface area contributed by atoms with E-state index in [2.05, 4.69) is 72.6 Å². The van der Waals surface area contributed by atoms with Gasteiger partial charge in [0.1, 0.15) is 6.04 Å². The van der Waals surface area contributed by atoms with Crippen LogP contribution in [0.2, 0.25) is 0 Å². The summed E-state index contributed by atoms with van der Waals surface area (Å²) in [5, 5.41) is 17.6. The first kappa shape index (κ1) is 37.9. The maximum atomic E-state index is 14.9. The number of amides is 2. The van der Waals surface area contributed by atoms with Crippen LogP contribution in [0.1, 0.15) is 140 Å². The Hall–Kier alpha value is -1.89. The molecule has 0 aromatic heterocycles. The van der Waals surface area contributed by atoms with Crippen LogP contribution in [-0.2, 0) is 19.1 Å². The quantitative estimate of drug-likeness (QED) is 0.186. The van der Waals surface area contributed by atoms with Gasteiger partial charge in [0, 0.05) is 12.0 Å². The average molecular weight is 695 g/mol. The fourth-order valence-corrected chi connectivity index (χ4v) is 14.3. The number of methoxy groups -OCH3 is 1. The zero-order chi connectivity index (χ0) is 37.0. The van der Waals surface area contributed by atoms with E-state index in [0.717, 1.165) is 38.5 Å². The molecule has 0 spiro atoms. The zero-order valence-electron chi connectivity index (χ0n) is 33.3. The minimum absolute atomic E-state index is 0.0607. The molecular weight excluding hydrogens is 624 g/mol. The number of ether oxygens (including phenoxy) is 1. The predicted octanol–water partition coefficient (Wildman–Crippen LogP) is 7.85. The van der Waals surface area contributed by atoms with Gasteiger partial charge >= 0.3 is 5.97 Å². The molecule has 7 nitrogen and oxygen atoms in total. The zero-order valence-corrected chi connectivity index (χ0v) is 33.3. The highest BCUT2D eigenvalue weighted by Gasteiger charge is 2.72. The maximum absolute atomic E-state index is 14.9. The number of rotatable bonds is 7. The van der Waals surface area contributed by atoms with Gasteiger partial charge in [-0.15, -0.1) is 0 Å². The normalized spacial score (nSPS) is 46.2. The van der Waals surface area contributed by atoms with E-state index < -0.39 is 22.8 Å². The van der Waals surface area contributed by atoms with Crippen molar-refractivity contribution < 1.29 is 24.2 Å². The summed E-state index contributed by atoms with van der Waals surface area (Å²) in [7, 11) is 1.35. The largest absolute Gasteiger partial charge is 0.467 e. The smallest absolute Gasteiger partial charge is 0.328 e.